The van der Waals surface area contributed by atoms with Crippen molar-refractivity contribution in [3.8, 4) is 11.5 Å². The van der Waals surface area contributed by atoms with Gasteiger partial charge in [-0.3, -0.25) is 4.98 Å². The first kappa shape index (κ1) is 17.5. The molecule has 1 atom stereocenters. The second-order valence-corrected chi connectivity index (χ2v) is 8.32. The zero-order chi connectivity index (χ0) is 20.1. The quantitative estimate of drug-likeness (QED) is 0.404. The van der Waals surface area contributed by atoms with E-state index in [0.29, 0.717) is 6.04 Å². The van der Waals surface area contributed by atoms with Crippen LogP contribution in [0.5, 0.6) is 11.5 Å². The smallest absolute Gasteiger partial charge is 0.128 e. The lowest BCUT2D eigenvalue weighted by Gasteiger charge is -2.29. The Morgan fingerprint density at radius 3 is 2.63 bits per heavy atom. The molecule has 6 rings (SSSR count). The number of rotatable bonds is 3. The maximum absolute atomic E-state index is 6.15. The molecule has 0 N–H and O–H groups in total. The van der Waals surface area contributed by atoms with Gasteiger partial charge in [-0.1, -0.05) is 42.5 Å². The van der Waals surface area contributed by atoms with Gasteiger partial charge in [0.05, 0.1) is 17.2 Å². The minimum Gasteiger partial charge on any atom is -0.457 e. The van der Waals surface area contributed by atoms with Crippen LogP contribution in [0, 0.1) is 6.92 Å². The highest BCUT2D eigenvalue weighted by molar-refractivity contribution is 5.96. The van der Waals surface area contributed by atoms with Crippen molar-refractivity contribution < 1.29 is 4.74 Å². The molecule has 4 aromatic rings. The highest BCUT2D eigenvalue weighted by Crippen LogP contribution is 2.46. The monoisotopic (exact) mass is 392 g/mol. The van der Waals surface area contributed by atoms with Gasteiger partial charge in [-0.05, 0) is 73.2 Å². The van der Waals surface area contributed by atoms with Gasteiger partial charge in [-0.2, -0.15) is 0 Å². The Hall–Kier alpha value is -3.33. The van der Waals surface area contributed by atoms with E-state index in [4.69, 9.17) is 9.72 Å². The molecule has 0 fully saturated rings. The predicted molar refractivity (Wildman–Crippen MR) is 122 cm³/mol. The maximum Gasteiger partial charge on any atom is 0.128 e. The summed E-state index contributed by atoms with van der Waals surface area (Å²) in [5.41, 5.74) is 7.94. The number of benzene rings is 3. The molecule has 30 heavy (non-hydrogen) atoms. The molecule has 0 radical (unpaired) electrons. The molecular weight excluding hydrogens is 368 g/mol. The Morgan fingerprint density at radius 1 is 0.900 bits per heavy atom. The van der Waals surface area contributed by atoms with Crippen LogP contribution in [0.1, 0.15) is 34.8 Å². The maximum atomic E-state index is 6.15. The number of aromatic nitrogens is 1. The number of hydrogen-bond acceptors (Lipinski definition) is 3. The lowest BCUT2D eigenvalue weighted by Crippen LogP contribution is -2.25. The van der Waals surface area contributed by atoms with Gasteiger partial charge in [0, 0.05) is 17.6 Å². The summed E-state index contributed by atoms with van der Waals surface area (Å²) in [5, 5.41) is 1.20. The number of para-hydroxylation sites is 1. The van der Waals surface area contributed by atoms with E-state index in [2.05, 4.69) is 48.2 Å². The first-order chi connectivity index (χ1) is 14.8. The Balaban J connectivity index is 1.47. The SMILES string of the molecule is Cc1nc2ccc(Oc3ccccc3)cc2c2c1CCN2C1CCc2ccccc21. The molecule has 3 nitrogen and oxygen atoms in total. The molecule has 0 bridgehead atoms. The van der Waals surface area contributed by atoms with Crippen LogP contribution in [0.25, 0.3) is 10.9 Å². The van der Waals surface area contributed by atoms with E-state index < -0.39 is 0 Å². The normalized spacial score (nSPS) is 17.2. The van der Waals surface area contributed by atoms with Crippen molar-refractivity contribution in [1.29, 1.82) is 0 Å². The van der Waals surface area contributed by atoms with Gasteiger partial charge >= 0.3 is 0 Å². The summed E-state index contributed by atoms with van der Waals surface area (Å²) in [5.74, 6) is 1.72. The molecule has 0 saturated carbocycles. The van der Waals surface area contributed by atoms with Crippen LogP contribution in [-0.2, 0) is 12.8 Å². The average molecular weight is 393 g/mol. The van der Waals surface area contributed by atoms with Gasteiger partial charge in [0.15, 0.2) is 0 Å². The van der Waals surface area contributed by atoms with Crippen molar-refractivity contribution in [2.45, 2.75) is 32.2 Å². The molecular formula is C27H24N2O. The third kappa shape index (κ3) is 2.77. The van der Waals surface area contributed by atoms with Crippen LogP contribution < -0.4 is 9.64 Å². The van der Waals surface area contributed by atoms with Crippen molar-refractivity contribution in [1.82, 2.24) is 4.98 Å². The Kier molecular flexibility index (Phi) is 4.02. The second-order valence-electron chi connectivity index (χ2n) is 8.32. The lowest BCUT2D eigenvalue weighted by atomic mass is 10.0. The number of fused-ring (bicyclic) bond motifs is 4. The summed E-state index contributed by atoms with van der Waals surface area (Å²) in [4.78, 5) is 7.55. The first-order valence-electron chi connectivity index (χ1n) is 10.8. The second kappa shape index (κ2) is 6.88. The molecule has 148 valence electrons. The minimum absolute atomic E-state index is 0.450. The summed E-state index contributed by atoms with van der Waals surface area (Å²) >= 11 is 0. The molecule has 2 aliphatic rings. The van der Waals surface area contributed by atoms with E-state index in [1.54, 1.807) is 0 Å². The van der Waals surface area contributed by atoms with Gasteiger partial charge in [-0.25, -0.2) is 0 Å². The van der Waals surface area contributed by atoms with Crippen molar-refractivity contribution in [2.24, 2.45) is 0 Å². The highest BCUT2D eigenvalue weighted by Gasteiger charge is 2.34. The molecule has 3 aromatic carbocycles. The number of ether oxygens (including phenoxy) is 1. The molecule has 1 aliphatic carbocycles. The molecule has 1 unspecified atom stereocenters. The van der Waals surface area contributed by atoms with E-state index >= 15 is 0 Å². The zero-order valence-electron chi connectivity index (χ0n) is 17.1. The van der Waals surface area contributed by atoms with Crippen molar-refractivity contribution in [2.75, 3.05) is 11.4 Å². The summed E-state index contributed by atoms with van der Waals surface area (Å²) < 4.78 is 6.15. The van der Waals surface area contributed by atoms with Crippen LogP contribution in [0.2, 0.25) is 0 Å². The van der Waals surface area contributed by atoms with E-state index in [-0.39, 0.29) is 0 Å². The van der Waals surface area contributed by atoms with E-state index in [1.165, 1.54) is 34.2 Å². The fourth-order valence-electron chi connectivity index (χ4n) is 5.21. The number of anilines is 1. The molecule has 2 heterocycles. The number of aryl methyl sites for hydroxylation is 2. The van der Waals surface area contributed by atoms with Crippen LogP contribution in [0.4, 0.5) is 5.69 Å². The minimum atomic E-state index is 0.450. The zero-order valence-corrected chi connectivity index (χ0v) is 17.1. The number of hydrogen-bond donors (Lipinski definition) is 0. The first-order valence-corrected chi connectivity index (χ1v) is 10.8. The Bertz CT molecular complexity index is 1250. The topological polar surface area (TPSA) is 25.4 Å². The third-order valence-corrected chi connectivity index (χ3v) is 6.58. The lowest BCUT2D eigenvalue weighted by molar-refractivity contribution is 0.483. The number of pyridine rings is 1. The van der Waals surface area contributed by atoms with Gasteiger partial charge in [0.2, 0.25) is 0 Å². The van der Waals surface area contributed by atoms with Gasteiger partial charge in [-0.15, -0.1) is 0 Å². The largest absolute Gasteiger partial charge is 0.457 e. The fraction of sp³-hybridized carbons (Fsp3) is 0.222. The van der Waals surface area contributed by atoms with Gasteiger partial charge < -0.3 is 9.64 Å². The Labute approximate surface area is 176 Å². The fourth-order valence-corrected chi connectivity index (χ4v) is 5.21. The summed E-state index contributed by atoms with van der Waals surface area (Å²) in [7, 11) is 0. The number of nitrogens with zero attached hydrogens (tertiary/aromatic N) is 2. The standard InChI is InChI=1S/C27H24N2O/c1-18-22-15-16-29(26-14-11-19-7-5-6-10-23(19)26)27(22)24-17-21(12-13-25(24)28-18)30-20-8-3-2-4-9-20/h2-10,12-13,17,26H,11,14-16H2,1H3. The summed E-state index contributed by atoms with van der Waals surface area (Å²) in [6.07, 6.45) is 3.41. The van der Waals surface area contributed by atoms with E-state index in [9.17, 15) is 0 Å². The van der Waals surface area contributed by atoms with Crippen molar-refractivity contribution in [3.63, 3.8) is 0 Å². The molecule has 0 spiro atoms. The Morgan fingerprint density at radius 2 is 1.73 bits per heavy atom. The van der Waals surface area contributed by atoms with E-state index in [1.807, 2.05) is 36.4 Å². The van der Waals surface area contributed by atoms with Crippen LogP contribution in [0.15, 0.2) is 72.8 Å². The third-order valence-electron chi connectivity index (χ3n) is 6.58. The van der Waals surface area contributed by atoms with Crippen LogP contribution in [-0.4, -0.2) is 11.5 Å². The van der Waals surface area contributed by atoms with Crippen molar-refractivity contribution >= 4 is 16.6 Å². The van der Waals surface area contributed by atoms with Crippen molar-refractivity contribution in [3.05, 3.63) is 95.2 Å². The average Bonchev–Trinajstić information content (AvgIpc) is 3.40. The van der Waals surface area contributed by atoms with Gasteiger partial charge in [0.1, 0.15) is 11.5 Å². The molecule has 0 amide bonds. The van der Waals surface area contributed by atoms with E-state index in [0.717, 1.165) is 42.1 Å². The summed E-state index contributed by atoms with van der Waals surface area (Å²) in [6, 6.07) is 25.7. The summed E-state index contributed by atoms with van der Waals surface area (Å²) in [6.45, 7) is 3.21. The highest BCUT2D eigenvalue weighted by atomic mass is 16.5. The van der Waals surface area contributed by atoms with Gasteiger partial charge in [0.25, 0.3) is 0 Å². The predicted octanol–water partition coefficient (Wildman–Crippen LogP) is 6.39. The molecule has 0 saturated heterocycles. The molecule has 1 aromatic heterocycles. The van der Waals surface area contributed by atoms with Crippen LogP contribution in [0.3, 0.4) is 0 Å². The molecule has 1 aliphatic heterocycles. The van der Waals surface area contributed by atoms with Crippen LogP contribution >= 0.6 is 0 Å². The molecule has 3 heteroatoms.